The first-order valence-electron chi connectivity index (χ1n) is 12.3. The molecule has 1 atom stereocenters. The molecule has 0 spiro atoms. The number of nitrogens with zero attached hydrogens (tertiary/aromatic N) is 3. The Morgan fingerprint density at radius 2 is 1.67 bits per heavy atom. The van der Waals surface area contributed by atoms with Gasteiger partial charge in [0.05, 0.1) is 17.9 Å². The summed E-state index contributed by atoms with van der Waals surface area (Å²) < 4.78 is 40.6. The summed E-state index contributed by atoms with van der Waals surface area (Å²) >= 11 is 0. The van der Waals surface area contributed by atoms with E-state index in [-0.39, 0.29) is 18.0 Å². The number of pyridine rings is 1. The number of aromatic nitrogens is 1. The predicted molar refractivity (Wildman–Crippen MR) is 141 cm³/mol. The maximum atomic E-state index is 15.3. The third-order valence-corrected chi connectivity index (χ3v) is 5.12. The van der Waals surface area contributed by atoms with Crippen LogP contribution in [0.15, 0.2) is 48.8 Å². The molecule has 11 heteroatoms. The lowest BCUT2D eigenvalue weighted by Crippen LogP contribution is -2.54. The molecule has 0 saturated heterocycles. The zero-order valence-corrected chi connectivity index (χ0v) is 23.0. The number of anilines is 1. The van der Waals surface area contributed by atoms with Crippen molar-refractivity contribution < 1.29 is 37.8 Å². The fraction of sp³-hybridized carbons (Fsp3) is 0.393. The number of amides is 1. The highest BCUT2D eigenvalue weighted by Gasteiger charge is 2.41. The van der Waals surface area contributed by atoms with E-state index in [0.29, 0.717) is 16.6 Å². The molecule has 0 aliphatic carbocycles. The fourth-order valence-electron chi connectivity index (χ4n) is 3.69. The number of halogens is 2. The molecule has 210 valence electrons. The second-order valence-corrected chi connectivity index (χ2v) is 10.7. The third kappa shape index (κ3) is 7.32. The summed E-state index contributed by atoms with van der Waals surface area (Å²) in [6, 6.07) is 6.09. The Bertz CT molecular complexity index is 1350. The number of benzene rings is 2. The monoisotopic (exact) mass is 545 g/mol. The SMILES string of the molecule is CCOc1cc(C(C(=O)O)N(c2ccc3cnccc3c2)N(OC(C)(C)C)C(=O)OC(C)(C)C)c(F)cc1F. The number of hydrogen-bond acceptors (Lipinski definition) is 7. The van der Waals surface area contributed by atoms with Gasteiger partial charge in [0.1, 0.15) is 11.4 Å². The molecule has 3 rings (SSSR count). The first kappa shape index (κ1) is 29.6. The second kappa shape index (κ2) is 11.4. The number of carbonyl (C=O) groups is 2. The van der Waals surface area contributed by atoms with Gasteiger partial charge in [0.2, 0.25) is 0 Å². The lowest BCUT2D eigenvalue weighted by Gasteiger charge is -2.41. The molecule has 0 bridgehead atoms. The van der Waals surface area contributed by atoms with Gasteiger partial charge in [0.25, 0.3) is 0 Å². The fourth-order valence-corrected chi connectivity index (χ4v) is 3.69. The lowest BCUT2D eigenvalue weighted by atomic mass is 10.0. The van der Waals surface area contributed by atoms with Gasteiger partial charge in [-0.25, -0.2) is 28.2 Å². The number of fused-ring (bicyclic) bond motifs is 1. The Hall–Kier alpha value is -3.99. The summed E-state index contributed by atoms with van der Waals surface area (Å²) in [6.45, 7) is 11.5. The van der Waals surface area contributed by atoms with E-state index in [1.807, 2.05) is 0 Å². The molecule has 1 aromatic heterocycles. The number of aliphatic carboxylic acids is 1. The summed E-state index contributed by atoms with van der Waals surface area (Å²) in [6.07, 6.45) is 2.12. The maximum absolute atomic E-state index is 15.3. The Balaban J connectivity index is 2.34. The Morgan fingerprint density at radius 1 is 0.974 bits per heavy atom. The highest BCUT2D eigenvalue weighted by atomic mass is 19.1. The molecule has 0 fully saturated rings. The van der Waals surface area contributed by atoms with E-state index in [1.165, 1.54) is 6.07 Å². The molecule has 2 aromatic carbocycles. The molecule has 1 unspecified atom stereocenters. The van der Waals surface area contributed by atoms with Crippen molar-refractivity contribution in [3.8, 4) is 5.75 Å². The minimum atomic E-state index is -1.92. The van der Waals surface area contributed by atoms with Gasteiger partial charge in [-0.2, -0.15) is 0 Å². The van der Waals surface area contributed by atoms with Crippen molar-refractivity contribution in [1.82, 2.24) is 10.2 Å². The summed E-state index contributed by atoms with van der Waals surface area (Å²) in [5.41, 5.74) is -2.33. The average Bonchev–Trinajstić information content (AvgIpc) is 2.81. The first-order chi connectivity index (χ1) is 18.1. The molecule has 1 heterocycles. The quantitative estimate of drug-likeness (QED) is 0.323. The van der Waals surface area contributed by atoms with E-state index in [9.17, 15) is 19.1 Å². The number of rotatable bonds is 8. The maximum Gasteiger partial charge on any atom is 0.454 e. The lowest BCUT2D eigenvalue weighted by molar-refractivity contribution is -0.222. The van der Waals surface area contributed by atoms with Gasteiger partial charge >= 0.3 is 12.1 Å². The van der Waals surface area contributed by atoms with Crippen LogP contribution in [0.5, 0.6) is 5.75 Å². The standard InChI is InChI=1S/C28H33F2N3O6/c1-8-37-23-14-20(21(29)15-22(23)30)24(25(34)35)32(19-10-9-18-16-31-12-11-17(18)13-19)33(39-28(5,6)7)26(36)38-27(2,3)4/h9-16,24H,8H2,1-7H3,(H,34,35). The number of hydrogen-bond donors (Lipinski definition) is 1. The molecule has 1 N–H and O–H groups in total. The third-order valence-electron chi connectivity index (χ3n) is 5.12. The van der Waals surface area contributed by atoms with Gasteiger partial charge in [0, 0.05) is 29.4 Å². The van der Waals surface area contributed by atoms with Crippen molar-refractivity contribution >= 4 is 28.5 Å². The average molecular weight is 546 g/mol. The van der Waals surface area contributed by atoms with Crippen LogP contribution < -0.4 is 9.75 Å². The zero-order chi connectivity index (χ0) is 29.1. The van der Waals surface area contributed by atoms with E-state index in [2.05, 4.69) is 4.98 Å². The largest absolute Gasteiger partial charge is 0.491 e. The van der Waals surface area contributed by atoms with Crippen LogP contribution in [0.3, 0.4) is 0 Å². The van der Waals surface area contributed by atoms with E-state index in [0.717, 1.165) is 16.5 Å². The van der Waals surface area contributed by atoms with Crippen LogP contribution in [-0.2, 0) is 14.4 Å². The van der Waals surface area contributed by atoms with Crippen molar-refractivity contribution in [2.45, 2.75) is 65.7 Å². The zero-order valence-electron chi connectivity index (χ0n) is 23.0. The van der Waals surface area contributed by atoms with Gasteiger partial charge in [-0.1, -0.05) is 11.2 Å². The molecule has 0 aliphatic rings. The van der Waals surface area contributed by atoms with E-state index < -0.39 is 46.5 Å². The number of carbonyl (C=O) groups excluding carboxylic acids is 1. The van der Waals surface area contributed by atoms with Gasteiger partial charge in [0.15, 0.2) is 17.6 Å². The van der Waals surface area contributed by atoms with E-state index in [1.54, 1.807) is 79.1 Å². The van der Waals surface area contributed by atoms with Crippen molar-refractivity contribution in [3.63, 3.8) is 0 Å². The number of hydroxylamine groups is 1. The van der Waals surface area contributed by atoms with Crippen LogP contribution >= 0.6 is 0 Å². The number of ether oxygens (including phenoxy) is 2. The smallest absolute Gasteiger partial charge is 0.454 e. The van der Waals surface area contributed by atoms with Crippen molar-refractivity contribution in [2.75, 3.05) is 11.6 Å². The van der Waals surface area contributed by atoms with Crippen molar-refractivity contribution in [2.24, 2.45) is 0 Å². The highest BCUT2D eigenvalue weighted by molar-refractivity contribution is 5.88. The highest BCUT2D eigenvalue weighted by Crippen LogP contribution is 2.37. The molecular formula is C28H33F2N3O6. The van der Waals surface area contributed by atoms with Crippen LogP contribution in [0, 0.1) is 11.6 Å². The van der Waals surface area contributed by atoms with Crippen LogP contribution in [0.4, 0.5) is 19.3 Å². The van der Waals surface area contributed by atoms with Gasteiger partial charge in [-0.05, 0) is 78.1 Å². The summed E-state index contributed by atoms with van der Waals surface area (Å²) in [5.74, 6) is -4.05. The molecule has 0 saturated carbocycles. The van der Waals surface area contributed by atoms with Crippen LogP contribution in [0.25, 0.3) is 10.8 Å². The van der Waals surface area contributed by atoms with Crippen LogP contribution in [-0.4, -0.2) is 45.1 Å². The molecule has 0 radical (unpaired) electrons. The summed E-state index contributed by atoms with van der Waals surface area (Å²) in [7, 11) is 0. The van der Waals surface area contributed by atoms with E-state index >= 15 is 4.39 Å². The summed E-state index contributed by atoms with van der Waals surface area (Å²) in [5, 5.41) is 13.5. The van der Waals surface area contributed by atoms with Crippen molar-refractivity contribution in [1.29, 1.82) is 0 Å². The van der Waals surface area contributed by atoms with Gasteiger partial charge < -0.3 is 14.6 Å². The Kier molecular flexibility index (Phi) is 8.64. The van der Waals surface area contributed by atoms with Gasteiger partial charge in [-0.15, -0.1) is 0 Å². The molecule has 39 heavy (non-hydrogen) atoms. The molecule has 0 aliphatic heterocycles. The van der Waals surface area contributed by atoms with E-state index in [4.69, 9.17) is 14.3 Å². The minimum absolute atomic E-state index is 0.0549. The van der Waals surface area contributed by atoms with Crippen LogP contribution in [0.1, 0.15) is 60.1 Å². The Morgan fingerprint density at radius 3 is 2.26 bits per heavy atom. The summed E-state index contributed by atoms with van der Waals surface area (Å²) in [4.78, 5) is 36.4. The molecular weight excluding hydrogens is 512 g/mol. The second-order valence-electron chi connectivity index (χ2n) is 10.7. The topological polar surface area (TPSA) is 101 Å². The molecule has 3 aromatic rings. The normalized spacial score (nSPS) is 12.6. The number of carboxylic acid groups (broad SMARTS) is 1. The minimum Gasteiger partial charge on any atom is -0.491 e. The Labute approximate surface area is 225 Å². The first-order valence-corrected chi connectivity index (χ1v) is 12.3. The number of hydrazine groups is 1. The van der Waals surface area contributed by atoms with Gasteiger partial charge in [-0.3, -0.25) is 4.98 Å². The molecule has 9 nitrogen and oxygen atoms in total. The van der Waals surface area contributed by atoms with Crippen molar-refractivity contribution in [3.05, 3.63) is 66.0 Å². The van der Waals surface area contributed by atoms with Crippen LogP contribution in [0.2, 0.25) is 0 Å². The number of carboxylic acids is 1. The molecule has 1 amide bonds. The predicted octanol–water partition coefficient (Wildman–Crippen LogP) is 6.43.